The van der Waals surface area contributed by atoms with E-state index in [0.717, 1.165) is 5.69 Å². The summed E-state index contributed by atoms with van der Waals surface area (Å²) >= 11 is 0. The molecule has 1 aromatic rings. The van der Waals surface area contributed by atoms with Gasteiger partial charge < -0.3 is 10.1 Å². The maximum Gasteiger partial charge on any atom is 0.237 e. The van der Waals surface area contributed by atoms with E-state index in [-0.39, 0.29) is 5.91 Å². The first-order valence-electron chi connectivity index (χ1n) is 5.17. The van der Waals surface area contributed by atoms with Crippen molar-refractivity contribution in [3.63, 3.8) is 0 Å². The number of carbonyl (C=O) groups is 1. The van der Waals surface area contributed by atoms with Crippen molar-refractivity contribution in [3.05, 3.63) is 17.8 Å². The Morgan fingerprint density at radius 1 is 1.38 bits per heavy atom. The van der Waals surface area contributed by atoms with E-state index in [1.54, 1.807) is 6.07 Å². The molecule has 0 atom stereocenters. The number of aromatic nitrogens is 1. The third-order valence-electron chi connectivity index (χ3n) is 2.12. The fourth-order valence-corrected chi connectivity index (χ4v) is 1.09. The van der Waals surface area contributed by atoms with Crippen LogP contribution in [0.4, 0.5) is 5.69 Å². The lowest BCUT2D eigenvalue weighted by molar-refractivity contribution is -0.123. The van der Waals surface area contributed by atoms with E-state index in [9.17, 15) is 4.79 Å². The molecule has 0 saturated carbocycles. The van der Waals surface area contributed by atoms with Gasteiger partial charge in [0.1, 0.15) is 5.69 Å². The lowest BCUT2D eigenvalue weighted by Crippen LogP contribution is -2.27. The van der Waals surface area contributed by atoms with E-state index < -0.39 is 5.41 Å². The van der Waals surface area contributed by atoms with Crippen molar-refractivity contribution in [1.82, 2.24) is 4.98 Å². The topological polar surface area (TPSA) is 51.2 Å². The van der Waals surface area contributed by atoms with Gasteiger partial charge in [-0.2, -0.15) is 0 Å². The number of carbonyl (C=O) groups excluding carboxylic acids is 1. The summed E-state index contributed by atoms with van der Waals surface area (Å²) < 4.78 is 5.11. The quantitative estimate of drug-likeness (QED) is 0.835. The second-order valence-corrected chi connectivity index (χ2v) is 4.71. The third-order valence-corrected chi connectivity index (χ3v) is 2.12. The molecule has 4 nitrogen and oxygen atoms in total. The van der Waals surface area contributed by atoms with Gasteiger partial charge in [-0.25, -0.2) is 4.98 Å². The largest absolute Gasteiger partial charge is 0.480 e. The Labute approximate surface area is 96.0 Å². The van der Waals surface area contributed by atoms with Crippen LogP contribution in [0.3, 0.4) is 0 Å². The van der Waals surface area contributed by atoms with Crippen LogP contribution in [0.15, 0.2) is 12.1 Å². The van der Waals surface area contributed by atoms with E-state index in [4.69, 9.17) is 4.74 Å². The highest BCUT2D eigenvalue weighted by atomic mass is 16.5. The second kappa shape index (κ2) is 4.51. The highest BCUT2D eigenvalue weighted by Gasteiger charge is 2.22. The zero-order valence-corrected chi connectivity index (χ0v) is 10.4. The van der Waals surface area contributed by atoms with Crippen molar-refractivity contribution in [2.24, 2.45) is 5.41 Å². The number of ether oxygens (including phenoxy) is 1. The molecule has 1 N–H and O–H groups in total. The molecular formula is C12H18N2O2. The van der Waals surface area contributed by atoms with Gasteiger partial charge in [-0.15, -0.1) is 0 Å². The summed E-state index contributed by atoms with van der Waals surface area (Å²) in [6.07, 6.45) is 0. The Bertz CT molecular complexity index is 394. The number of anilines is 1. The highest BCUT2D eigenvalue weighted by molar-refractivity contribution is 5.95. The van der Waals surface area contributed by atoms with Crippen LogP contribution in [0.2, 0.25) is 0 Å². The molecule has 1 rings (SSSR count). The maximum absolute atomic E-state index is 11.8. The van der Waals surface area contributed by atoms with Crippen LogP contribution in [0.1, 0.15) is 26.5 Å². The van der Waals surface area contributed by atoms with Gasteiger partial charge in [0.2, 0.25) is 11.8 Å². The first kappa shape index (κ1) is 12.5. The summed E-state index contributed by atoms with van der Waals surface area (Å²) in [6, 6.07) is 3.63. The van der Waals surface area contributed by atoms with E-state index in [1.165, 1.54) is 7.11 Å². The minimum absolute atomic E-state index is 0.0588. The molecule has 0 aromatic carbocycles. The van der Waals surface area contributed by atoms with Gasteiger partial charge in [0, 0.05) is 11.1 Å². The van der Waals surface area contributed by atoms with Crippen LogP contribution >= 0.6 is 0 Å². The first-order valence-corrected chi connectivity index (χ1v) is 5.17. The van der Waals surface area contributed by atoms with E-state index in [0.29, 0.717) is 11.6 Å². The summed E-state index contributed by atoms with van der Waals surface area (Å²) in [7, 11) is 1.54. The summed E-state index contributed by atoms with van der Waals surface area (Å²) in [4.78, 5) is 16.0. The molecule has 16 heavy (non-hydrogen) atoms. The monoisotopic (exact) mass is 222 g/mol. The normalized spacial score (nSPS) is 11.1. The SMILES string of the molecule is COc1nc(C)ccc1NC(=O)C(C)(C)C. The molecular weight excluding hydrogens is 204 g/mol. The molecule has 1 aromatic heterocycles. The van der Waals surface area contributed by atoms with Crippen molar-refractivity contribution < 1.29 is 9.53 Å². The predicted octanol–water partition coefficient (Wildman–Crippen LogP) is 2.38. The smallest absolute Gasteiger partial charge is 0.237 e. The number of hydrogen-bond donors (Lipinski definition) is 1. The molecule has 4 heteroatoms. The van der Waals surface area contributed by atoms with Crippen molar-refractivity contribution in [2.75, 3.05) is 12.4 Å². The summed E-state index contributed by atoms with van der Waals surface area (Å²) in [5.74, 6) is 0.383. The highest BCUT2D eigenvalue weighted by Crippen LogP contribution is 2.24. The fraction of sp³-hybridized carbons (Fsp3) is 0.500. The zero-order chi connectivity index (χ0) is 12.3. The Hall–Kier alpha value is -1.58. The average Bonchev–Trinajstić information content (AvgIpc) is 2.19. The van der Waals surface area contributed by atoms with Crippen LogP contribution in [-0.2, 0) is 4.79 Å². The number of aryl methyl sites for hydroxylation is 1. The molecule has 0 saturated heterocycles. The molecule has 0 unspecified atom stereocenters. The molecule has 0 aliphatic heterocycles. The van der Waals surface area contributed by atoms with Crippen LogP contribution in [0, 0.1) is 12.3 Å². The van der Waals surface area contributed by atoms with Crippen LogP contribution in [-0.4, -0.2) is 18.0 Å². The van der Waals surface area contributed by atoms with E-state index in [2.05, 4.69) is 10.3 Å². The Morgan fingerprint density at radius 3 is 2.50 bits per heavy atom. The van der Waals surface area contributed by atoms with E-state index >= 15 is 0 Å². The van der Waals surface area contributed by atoms with E-state index in [1.807, 2.05) is 33.8 Å². The van der Waals surface area contributed by atoms with Crippen LogP contribution in [0.25, 0.3) is 0 Å². The first-order chi connectivity index (χ1) is 7.34. The van der Waals surface area contributed by atoms with Gasteiger partial charge in [0.25, 0.3) is 0 Å². The van der Waals surface area contributed by atoms with Gasteiger partial charge in [0.05, 0.1) is 7.11 Å². The van der Waals surface area contributed by atoms with Gasteiger partial charge >= 0.3 is 0 Å². The number of pyridine rings is 1. The Balaban J connectivity index is 2.93. The molecule has 0 spiro atoms. The number of amides is 1. The number of nitrogens with one attached hydrogen (secondary N) is 1. The molecule has 88 valence electrons. The molecule has 0 fully saturated rings. The predicted molar refractivity (Wildman–Crippen MR) is 63.6 cm³/mol. The molecule has 0 bridgehead atoms. The molecule has 0 aliphatic rings. The minimum atomic E-state index is -0.435. The number of nitrogens with zero attached hydrogens (tertiary/aromatic N) is 1. The van der Waals surface area contributed by atoms with Crippen molar-refractivity contribution in [3.8, 4) is 5.88 Å². The minimum Gasteiger partial charge on any atom is -0.480 e. The maximum atomic E-state index is 11.8. The molecule has 0 radical (unpaired) electrons. The summed E-state index contributed by atoms with van der Waals surface area (Å²) in [6.45, 7) is 7.45. The van der Waals surface area contributed by atoms with Crippen LogP contribution < -0.4 is 10.1 Å². The summed E-state index contributed by atoms with van der Waals surface area (Å²) in [5, 5.41) is 2.80. The third kappa shape index (κ3) is 2.95. The van der Waals surface area contributed by atoms with Crippen molar-refractivity contribution in [1.29, 1.82) is 0 Å². The zero-order valence-electron chi connectivity index (χ0n) is 10.4. The van der Waals surface area contributed by atoms with Crippen LogP contribution in [0.5, 0.6) is 5.88 Å². The number of hydrogen-bond acceptors (Lipinski definition) is 3. The lowest BCUT2D eigenvalue weighted by atomic mass is 9.95. The fourth-order valence-electron chi connectivity index (χ4n) is 1.09. The van der Waals surface area contributed by atoms with Gasteiger partial charge in [-0.3, -0.25) is 4.79 Å². The summed E-state index contributed by atoms with van der Waals surface area (Å²) in [5.41, 5.74) is 1.02. The number of rotatable bonds is 2. The Morgan fingerprint density at radius 2 is 2.00 bits per heavy atom. The lowest BCUT2D eigenvalue weighted by Gasteiger charge is -2.18. The molecule has 0 aliphatic carbocycles. The van der Waals surface area contributed by atoms with Gasteiger partial charge in [-0.1, -0.05) is 20.8 Å². The second-order valence-electron chi connectivity index (χ2n) is 4.71. The standard InChI is InChI=1S/C12H18N2O2/c1-8-6-7-9(10(13-8)16-5)14-11(15)12(2,3)4/h6-7H,1-5H3,(H,14,15). The molecule has 1 amide bonds. The van der Waals surface area contributed by atoms with Gasteiger partial charge in [-0.05, 0) is 19.1 Å². The Kier molecular flexibility index (Phi) is 3.52. The van der Waals surface area contributed by atoms with Gasteiger partial charge in [0.15, 0.2) is 0 Å². The molecule has 1 heterocycles. The average molecular weight is 222 g/mol. The van der Waals surface area contributed by atoms with Crippen molar-refractivity contribution in [2.45, 2.75) is 27.7 Å². The van der Waals surface area contributed by atoms with Crippen molar-refractivity contribution >= 4 is 11.6 Å². The number of methoxy groups -OCH3 is 1.